The quantitative estimate of drug-likeness (QED) is 0.362. The van der Waals surface area contributed by atoms with Crippen LogP contribution >= 0.6 is 11.8 Å². The molecule has 0 atom stereocenters. The minimum Gasteiger partial charge on any atom is -0.431 e. The zero-order chi connectivity index (χ0) is 21.8. The minimum atomic E-state index is 0.550. The lowest BCUT2D eigenvalue weighted by atomic mass is 10.2. The molecule has 6 rings (SSSR count). The number of rotatable bonds is 4. The molecule has 32 heavy (non-hydrogen) atoms. The molecule has 0 saturated heterocycles. The molecule has 9 heteroatoms. The summed E-state index contributed by atoms with van der Waals surface area (Å²) in [5.74, 6) is 2.10. The Hall–Kier alpha value is -3.72. The monoisotopic (exact) mass is 441 g/mol. The number of hydrogen-bond acceptors (Lipinski definition) is 7. The first-order chi connectivity index (χ1) is 15.6. The van der Waals surface area contributed by atoms with Crippen molar-refractivity contribution in [2.24, 2.45) is 0 Å². The van der Waals surface area contributed by atoms with Crippen molar-refractivity contribution in [2.45, 2.75) is 31.7 Å². The van der Waals surface area contributed by atoms with E-state index in [9.17, 15) is 0 Å². The van der Waals surface area contributed by atoms with E-state index < -0.39 is 0 Å². The number of hydrogen-bond donors (Lipinski definition) is 0. The number of para-hydroxylation sites is 2. The number of pyridine rings is 1. The van der Waals surface area contributed by atoms with Crippen LogP contribution < -0.4 is 0 Å². The third kappa shape index (κ3) is 2.96. The van der Waals surface area contributed by atoms with Crippen molar-refractivity contribution in [1.29, 1.82) is 0 Å². The molecule has 0 amide bonds. The summed E-state index contributed by atoms with van der Waals surface area (Å²) in [4.78, 5) is 18.7. The number of oxazole rings is 1. The van der Waals surface area contributed by atoms with Gasteiger partial charge in [0.05, 0.1) is 11.1 Å². The molecule has 8 nitrogen and oxygen atoms in total. The van der Waals surface area contributed by atoms with Crippen LogP contribution in [0.2, 0.25) is 0 Å². The highest BCUT2D eigenvalue weighted by molar-refractivity contribution is 7.98. The van der Waals surface area contributed by atoms with E-state index in [-0.39, 0.29) is 0 Å². The van der Waals surface area contributed by atoms with E-state index in [1.54, 1.807) is 10.8 Å². The number of aryl methyl sites for hydroxylation is 2. The van der Waals surface area contributed by atoms with Gasteiger partial charge < -0.3 is 4.42 Å². The zero-order valence-corrected chi connectivity index (χ0v) is 18.6. The minimum absolute atomic E-state index is 0.550. The topological polar surface area (TPSA) is 86.9 Å². The Bertz CT molecular complexity index is 1600. The second kappa shape index (κ2) is 7.16. The van der Waals surface area contributed by atoms with Crippen LogP contribution in [-0.2, 0) is 5.75 Å². The molecule has 0 fully saturated rings. The Morgan fingerprint density at radius 1 is 0.938 bits per heavy atom. The molecule has 158 valence electrons. The molecule has 5 heterocycles. The fraction of sp³-hybridized carbons (Fsp3) is 0.174. The van der Waals surface area contributed by atoms with E-state index in [4.69, 9.17) is 19.4 Å². The van der Waals surface area contributed by atoms with E-state index in [1.165, 1.54) is 11.8 Å². The van der Waals surface area contributed by atoms with Gasteiger partial charge >= 0.3 is 0 Å². The maximum atomic E-state index is 5.80. The van der Waals surface area contributed by atoms with Crippen LogP contribution in [-0.4, -0.2) is 34.1 Å². The van der Waals surface area contributed by atoms with Gasteiger partial charge in [0.25, 0.3) is 5.22 Å². The van der Waals surface area contributed by atoms with Crippen LogP contribution in [0.25, 0.3) is 33.6 Å². The lowest BCUT2D eigenvalue weighted by Crippen LogP contribution is -2.02. The standard InChI is InChI=1S/C23H19N7OS/c1-13-7-6-10-19(25-13)30-15(3)14(2)20-21(30)24-12-29-22(20)27-18(28-29)11-32-23-26-16-8-4-5-9-17(16)31-23/h4-10,12H,11H2,1-3H3. The largest absolute Gasteiger partial charge is 0.431 e. The van der Waals surface area contributed by atoms with E-state index in [0.717, 1.165) is 50.5 Å². The average molecular weight is 442 g/mol. The highest BCUT2D eigenvalue weighted by atomic mass is 32.2. The van der Waals surface area contributed by atoms with Gasteiger partial charge in [-0.1, -0.05) is 30.0 Å². The third-order valence-electron chi connectivity index (χ3n) is 5.58. The molecule has 5 aromatic heterocycles. The summed E-state index contributed by atoms with van der Waals surface area (Å²) in [6, 6.07) is 13.7. The number of aromatic nitrogens is 7. The van der Waals surface area contributed by atoms with E-state index in [0.29, 0.717) is 16.8 Å². The van der Waals surface area contributed by atoms with Gasteiger partial charge in [-0.2, -0.15) is 0 Å². The number of nitrogens with zero attached hydrogens (tertiary/aromatic N) is 7. The normalized spacial score (nSPS) is 11.8. The Labute approximate surface area is 187 Å². The van der Waals surface area contributed by atoms with Gasteiger partial charge in [-0.3, -0.25) is 4.57 Å². The van der Waals surface area contributed by atoms with Gasteiger partial charge in [0, 0.05) is 11.4 Å². The summed E-state index contributed by atoms with van der Waals surface area (Å²) in [5, 5.41) is 6.22. The van der Waals surface area contributed by atoms with Crippen LogP contribution in [0.1, 0.15) is 22.8 Å². The Morgan fingerprint density at radius 3 is 2.66 bits per heavy atom. The van der Waals surface area contributed by atoms with Crippen molar-refractivity contribution in [3.05, 3.63) is 71.6 Å². The van der Waals surface area contributed by atoms with Gasteiger partial charge in [-0.15, -0.1) is 5.10 Å². The van der Waals surface area contributed by atoms with Crippen molar-refractivity contribution in [3.63, 3.8) is 0 Å². The average Bonchev–Trinajstić information content (AvgIpc) is 3.46. The Morgan fingerprint density at radius 2 is 1.81 bits per heavy atom. The third-order valence-corrected chi connectivity index (χ3v) is 6.40. The fourth-order valence-corrected chi connectivity index (χ4v) is 4.63. The molecule has 0 spiro atoms. The first-order valence-electron chi connectivity index (χ1n) is 10.2. The smallest absolute Gasteiger partial charge is 0.257 e. The summed E-state index contributed by atoms with van der Waals surface area (Å²) >= 11 is 1.48. The van der Waals surface area contributed by atoms with Crippen molar-refractivity contribution in [3.8, 4) is 5.82 Å². The molecule has 1 aromatic carbocycles. The second-order valence-corrected chi connectivity index (χ2v) is 8.59. The van der Waals surface area contributed by atoms with Crippen LogP contribution in [0.3, 0.4) is 0 Å². The van der Waals surface area contributed by atoms with Crippen molar-refractivity contribution in [1.82, 2.24) is 34.1 Å². The van der Waals surface area contributed by atoms with Crippen LogP contribution in [0, 0.1) is 20.8 Å². The van der Waals surface area contributed by atoms with E-state index in [1.807, 2.05) is 49.4 Å². The molecule has 0 aliphatic rings. The lowest BCUT2D eigenvalue weighted by molar-refractivity contribution is 0.489. The molecular formula is C23H19N7OS. The van der Waals surface area contributed by atoms with Crippen LogP contribution in [0.15, 0.2) is 58.4 Å². The first-order valence-corrected chi connectivity index (χ1v) is 11.2. The molecule has 0 aliphatic carbocycles. The summed E-state index contributed by atoms with van der Waals surface area (Å²) in [6.45, 7) is 6.16. The molecule has 0 bridgehead atoms. The van der Waals surface area contributed by atoms with Crippen molar-refractivity contribution >= 4 is 39.5 Å². The van der Waals surface area contributed by atoms with Gasteiger partial charge in [0.2, 0.25) is 0 Å². The summed E-state index contributed by atoms with van der Waals surface area (Å²) in [5.41, 5.74) is 6.41. The molecular weight excluding hydrogens is 422 g/mol. The highest BCUT2D eigenvalue weighted by Crippen LogP contribution is 2.30. The molecule has 0 radical (unpaired) electrons. The van der Waals surface area contributed by atoms with Crippen LogP contribution in [0.4, 0.5) is 0 Å². The van der Waals surface area contributed by atoms with E-state index in [2.05, 4.69) is 28.5 Å². The lowest BCUT2D eigenvalue weighted by Gasteiger charge is -2.07. The summed E-state index contributed by atoms with van der Waals surface area (Å²) in [7, 11) is 0. The van der Waals surface area contributed by atoms with E-state index >= 15 is 0 Å². The van der Waals surface area contributed by atoms with Crippen LogP contribution in [0.5, 0.6) is 0 Å². The predicted molar refractivity (Wildman–Crippen MR) is 123 cm³/mol. The van der Waals surface area contributed by atoms with Crippen molar-refractivity contribution < 1.29 is 4.42 Å². The summed E-state index contributed by atoms with van der Waals surface area (Å²) in [6.07, 6.45) is 1.71. The number of benzene rings is 1. The maximum absolute atomic E-state index is 5.80. The molecule has 0 aliphatic heterocycles. The fourth-order valence-electron chi connectivity index (χ4n) is 3.94. The van der Waals surface area contributed by atoms with Gasteiger partial charge in [0.1, 0.15) is 17.7 Å². The van der Waals surface area contributed by atoms with Gasteiger partial charge in [-0.25, -0.2) is 24.5 Å². The Kier molecular flexibility index (Phi) is 4.25. The molecule has 0 N–H and O–H groups in total. The number of thioether (sulfide) groups is 1. The molecule has 0 unspecified atom stereocenters. The van der Waals surface area contributed by atoms with Gasteiger partial charge in [-0.05, 0) is 50.6 Å². The zero-order valence-electron chi connectivity index (χ0n) is 17.8. The highest BCUT2D eigenvalue weighted by Gasteiger charge is 2.20. The second-order valence-electron chi connectivity index (χ2n) is 7.66. The maximum Gasteiger partial charge on any atom is 0.257 e. The predicted octanol–water partition coefficient (Wildman–Crippen LogP) is 4.82. The van der Waals surface area contributed by atoms with Crippen molar-refractivity contribution in [2.75, 3.05) is 0 Å². The number of fused-ring (bicyclic) bond motifs is 4. The Balaban J connectivity index is 1.40. The SMILES string of the molecule is Cc1cccc(-n2c(C)c(C)c3c2ncn2nc(CSc4nc5ccccc5o4)nc32)n1. The molecule has 6 aromatic rings. The van der Waals surface area contributed by atoms with Gasteiger partial charge in [0.15, 0.2) is 22.7 Å². The first kappa shape index (κ1) is 19.0. The summed E-state index contributed by atoms with van der Waals surface area (Å²) < 4.78 is 9.62. The molecule has 0 saturated carbocycles.